The number of hydrogen-bond acceptors (Lipinski definition) is 4. The van der Waals surface area contributed by atoms with Crippen LogP contribution in [-0.4, -0.2) is 67.3 Å². The van der Waals surface area contributed by atoms with Crippen LogP contribution in [0.4, 0.5) is 5.69 Å². The molecule has 0 atom stereocenters. The number of nitrogens with one attached hydrogen (secondary N) is 1. The molecule has 2 aliphatic rings. The van der Waals surface area contributed by atoms with Gasteiger partial charge in [0.25, 0.3) is 5.91 Å². The number of rotatable bonds is 4. The summed E-state index contributed by atoms with van der Waals surface area (Å²) in [5.41, 5.74) is 2.09. The fourth-order valence-electron chi connectivity index (χ4n) is 4.06. The molecular weight excluding hydrogens is 521 g/mol. The van der Waals surface area contributed by atoms with Gasteiger partial charge < -0.3 is 24.4 Å². The number of furan rings is 1. The van der Waals surface area contributed by atoms with E-state index in [4.69, 9.17) is 4.42 Å². The summed E-state index contributed by atoms with van der Waals surface area (Å²) in [5.74, 6) is 1.34. The van der Waals surface area contributed by atoms with Gasteiger partial charge in [-0.1, -0.05) is 12.1 Å². The van der Waals surface area contributed by atoms with Crippen molar-refractivity contribution < 1.29 is 14.0 Å². The predicted molar refractivity (Wildman–Crippen MR) is 134 cm³/mol. The van der Waals surface area contributed by atoms with Crippen LogP contribution in [0.25, 0.3) is 0 Å². The van der Waals surface area contributed by atoms with Crippen molar-refractivity contribution in [3.05, 3.63) is 54.0 Å². The third-order valence-electron chi connectivity index (χ3n) is 5.83. The smallest absolute Gasteiger partial charge is 0.289 e. The lowest BCUT2D eigenvalue weighted by Gasteiger charge is -2.36. The van der Waals surface area contributed by atoms with Gasteiger partial charge in [-0.3, -0.25) is 14.6 Å². The van der Waals surface area contributed by atoms with Gasteiger partial charge in [0.1, 0.15) is 0 Å². The van der Waals surface area contributed by atoms with Gasteiger partial charge in [-0.15, -0.1) is 24.0 Å². The Hall–Kier alpha value is -2.56. The van der Waals surface area contributed by atoms with Gasteiger partial charge in [0.05, 0.1) is 6.26 Å². The van der Waals surface area contributed by atoms with E-state index in [9.17, 15) is 9.59 Å². The lowest BCUT2D eigenvalue weighted by molar-refractivity contribution is -0.119. The van der Waals surface area contributed by atoms with E-state index in [1.807, 2.05) is 21.9 Å². The zero-order valence-corrected chi connectivity index (χ0v) is 20.7. The molecule has 0 radical (unpaired) electrons. The Bertz CT molecular complexity index is 922. The second-order valence-electron chi connectivity index (χ2n) is 7.83. The molecule has 0 spiro atoms. The van der Waals surface area contributed by atoms with E-state index in [-0.39, 0.29) is 35.8 Å². The number of nitrogens with zero attached hydrogens (tertiary/aromatic N) is 4. The highest BCUT2D eigenvalue weighted by molar-refractivity contribution is 14.0. The van der Waals surface area contributed by atoms with Gasteiger partial charge in [-0.2, -0.15) is 0 Å². The fraction of sp³-hybridized carbons (Fsp3) is 0.435. The molecule has 8 nitrogen and oxygen atoms in total. The standard InChI is InChI=1S/C23H29N5O3.HI/c1-24-23(27-14-12-26(13-15-27)22(30)20-5-4-16-31-20)25-17-18-7-9-19(10-8-18)28-11-3-2-6-21(28)29;/h4-5,7-10,16H,2-3,6,11-15,17H2,1H3,(H,24,25);1H. The van der Waals surface area contributed by atoms with E-state index in [0.717, 1.165) is 36.6 Å². The highest BCUT2D eigenvalue weighted by atomic mass is 127. The minimum atomic E-state index is -0.0696. The van der Waals surface area contributed by atoms with Crippen LogP contribution >= 0.6 is 24.0 Å². The molecular formula is C23H30IN5O3. The zero-order chi connectivity index (χ0) is 21.6. The number of amides is 2. The van der Waals surface area contributed by atoms with Crippen LogP contribution in [-0.2, 0) is 11.3 Å². The molecule has 4 rings (SSSR count). The minimum Gasteiger partial charge on any atom is -0.459 e. The molecule has 2 fully saturated rings. The molecule has 0 unspecified atom stereocenters. The van der Waals surface area contributed by atoms with Crippen molar-refractivity contribution in [1.29, 1.82) is 0 Å². The fourth-order valence-corrected chi connectivity index (χ4v) is 4.06. The highest BCUT2D eigenvalue weighted by Gasteiger charge is 2.25. The molecule has 172 valence electrons. The summed E-state index contributed by atoms with van der Waals surface area (Å²) < 4.78 is 5.22. The number of carbonyl (C=O) groups excluding carboxylic acids is 2. The first-order valence-electron chi connectivity index (χ1n) is 10.8. The van der Waals surface area contributed by atoms with Crippen LogP contribution in [0.15, 0.2) is 52.1 Å². The average molecular weight is 551 g/mol. The van der Waals surface area contributed by atoms with Gasteiger partial charge in [-0.05, 0) is 42.7 Å². The SMILES string of the molecule is CN=C(NCc1ccc(N2CCCCC2=O)cc1)N1CCN(C(=O)c2ccco2)CC1.I. The topological polar surface area (TPSA) is 81.4 Å². The molecule has 1 N–H and O–H groups in total. The molecule has 3 heterocycles. The predicted octanol–water partition coefficient (Wildman–Crippen LogP) is 2.95. The Morgan fingerprint density at radius 1 is 1.03 bits per heavy atom. The van der Waals surface area contributed by atoms with E-state index < -0.39 is 0 Å². The Labute approximate surface area is 205 Å². The van der Waals surface area contributed by atoms with E-state index in [1.54, 1.807) is 19.2 Å². The van der Waals surface area contributed by atoms with Crippen LogP contribution in [0.2, 0.25) is 0 Å². The number of halogens is 1. The van der Waals surface area contributed by atoms with Crippen LogP contribution in [0.5, 0.6) is 0 Å². The van der Waals surface area contributed by atoms with Crippen molar-refractivity contribution in [1.82, 2.24) is 15.1 Å². The average Bonchev–Trinajstić information content (AvgIpc) is 3.35. The Morgan fingerprint density at radius 3 is 2.38 bits per heavy atom. The summed E-state index contributed by atoms with van der Waals surface area (Å²) in [4.78, 5) is 34.8. The van der Waals surface area contributed by atoms with Crippen LogP contribution in [0.1, 0.15) is 35.4 Å². The van der Waals surface area contributed by atoms with E-state index in [0.29, 0.717) is 44.9 Å². The molecule has 1 aromatic carbocycles. The number of aliphatic imine (C=N–C) groups is 1. The molecule has 2 aromatic rings. The summed E-state index contributed by atoms with van der Waals surface area (Å²) >= 11 is 0. The molecule has 1 aromatic heterocycles. The number of piperidine rings is 1. The van der Waals surface area contributed by atoms with Crippen LogP contribution < -0.4 is 10.2 Å². The maximum atomic E-state index is 12.4. The molecule has 32 heavy (non-hydrogen) atoms. The van der Waals surface area contributed by atoms with Gasteiger partial charge in [0, 0.05) is 58.4 Å². The van der Waals surface area contributed by atoms with Crippen LogP contribution in [0.3, 0.4) is 0 Å². The molecule has 9 heteroatoms. The molecule has 0 saturated carbocycles. The maximum Gasteiger partial charge on any atom is 0.289 e. The van der Waals surface area contributed by atoms with Gasteiger partial charge in [-0.25, -0.2) is 0 Å². The van der Waals surface area contributed by atoms with Crippen molar-refractivity contribution >= 4 is 47.4 Å². The van der Waals surface area contributed by atoms with E-state index >= 15 is 0 Å². The Balaban J connectivity index is 0.00000289. The number of guanidine groups is 1. The zero-order valence-electron chi connectivity index (χ0n) is 18.3. The summed E-state index contributed by atoms with van der Waals surface area (Å²) in [7, 11) is 1.77. The molecule has 2 aliphatic heterocycles. The Kier molecular flexibility index (Phi) is 8.54. The van der Waals surface area contributed by atoms with Crippen molar-refractivity contribution in [3.63, 3.8) is 0 Å². The molecule has 0 aliphatic carbocycles. The van der Waals surface area contributed by atoms with E-state index in [2.05, 4.69) is 27.3 Å². The summed E-state index contributed by atoms with van der Waals surface area (Å²) in [6, 6.07) is 11.6. The van der Waals surface area contributed by atoms with Crippen molar-refractivity contribution in [3.8, 4) is 0 Å². The summed E-state index contributed by atoms with van der Waals surface area (Å²) in [6.07, 6.45) is 4.21. The third-order valence-corrected chi connectivity index (χ3v) is 5.83. The molecule has 2 saturated heterocycles. The third kappa shape index (κ3) is 5.62. The van der Waals surface area contributed by atoms with Crippen molar-refractivity contribution in [2.24, 2.45) is 4.99 Å². The lowest BCUT2D eigenvalue weighted by atomic mass is 10.1. The highest BCUT2D eigenvalue weighted by Crippen LogP contribution is 2.21. The summed E-state index contributed by atoms with van der Waals surface area (Å²) in [5, 5.41) is 3.41. The number of hydrogen-bond donors (Lipinski definition) is 1. The monoisotopic (exact) mass is 551 g/mol. The van der Waals surface area contributed by atoms with E-state index in [1.165, 1.54) is 6.26 Å². The molecule has 2 amide bonds. The normalized spacial score (nSPS) is 17.2. The first kappa shape index (κ1) is 24.1. The summed E-state index contributed by atoms with van der Waals surface area (Å²) in [6.45, 7) is 4.12. The number of benzene rings is 1. The minimum absolute atomic E-state index is 0. The van der Waals surface area contributed by atoms with Crippen molar-refractivity contribution in [2.45, 2.75) is 25.8 Å². The van der Waals surface area contributed by atoms with Crippen LogP contribution in [0, 0.1) is 0 Å². The second-order valence-corrected chi connectivity index (χ2v) is 7.83. The number of carbonyl (C=O) groups is 2. The van der Waals surface area contributed by atoms with Gasteiger partial charge in [0.15, 0.2) is 11.7 Å². The first-order chi connectivity index (χ1) is 15.2. The second kappa shape index (κ2) is 11.3. The van der Waals surface area contributed by atoms with Gasteiger partial charge >= 0.3 is 0 Å². The Morgan fingerprint density at radius 2 is 1.75 bits per heavy atom. The quantitative estimate of drug-likeness (QED) is 0.359. The van der Waals surface area contributed by atoms with Gasteiger partial charge in [0.2, 0.25) is 5.91 Å². The van der Waals surface area contributed by atoms with Crippen molar-refractivity contribution in [2.75, 3.05) is 44.7 Å². The number of anilines is 1. The first-order valence-corrected chi connectivity index (χ1v) is 10.8. The molecule has 0 bridgehead atoms. The largest absolute Gasteiger partial charge is 0.459 e. The maximum absolute atomic E-state index is 12.4. The number of piperazine rings is 1. The lowest BCUT2D eigenvalue weighted by Crippen LogP contribution is -2.53.